The summed E-state index contributed by atoms with van der Waals surface area (Å²) >= 11 is 0. The molecule has 7 heteroatoms. The fourth-order valence-corrected chi connectivity index (χ4v) is 1.90. The summed E-state index contributed by atoms with van der Waals surface area (Å²) in [5.41, 5.74) is -0.729. The molecule has 1 fully saturated rings. The van der Waals surface area contributed by atoms with E-state index in [0.717, 1.165) is 12.1 Å². The van der Waals surface area contributed by atoms with Gasteiger partial charge < -0.3 is 15.3 Å². The highest BCUT2D eigenvalue weighted by atomic mass is 19.4. The van der Waals surface area contributed by atoms with Gasteiger partial charge in [0.15, 0.2) is 0 Å². The number of aliphatic hydroxyl groups excluding tert-OH is 1. The van der Waals surface area contributed by atoms with Crippen molar-refractivity contribution in [2.45, 2.75) is 18.7 Å². The van der Waals surface area contributed by atoms with Crippen molar-refractivity contribution >= 4 is 11.7 Å². The number of urea groups is 1. The third-order valence-electron chi connectivity index (χ3n) is 2.89. The first kappa shape index (κ1) is 13.7. The molecule has 4 nitrogen and oxygen atoms in total. The first-order valence-corrected chi connectivity index (χ1v) is 5.77. The third-order valence-corrected chi connectivity index (χ3v) is 2.89. The van der Waals surface area contributed by atoms with Crippen LogP contribution in [0.25, 0.3) is 0 Å². The van der Waals surface area contributed by atoms with Crippen LogP contribution in [-0.2, 0) is 6.18 Å². The summed E-state index contributed by atoms with van der Waals surface area (Å²) in [6.45, 7) is 0.594. The lowest BCUT2D eigenvalue weighted by Crippen LogP contribution is -2.33. The lowest BCUT2D eigenvalue weighted by atomic mass is 10.2. The Morgan fingerprint density at radius 3 is 2.74 bits per heavy atom. The van der Waals surface area contributed by atoms with E-state index in [1.165, 1.54) is 17.0 Å². The van der Waals surface area contributed by atoms with Crippen LogP contribution < -0.4 is 5.32 Å². The monoisotopic (exact) mass is 274 g/mol. The Balaban J connectivity index is 2.05. The lowest BCUT2D eigenvalue weighted by molar-refractivity contribution is -0.137. The smallest absolute Gasteiger partial charge is 0.391 e. The molecule has 1 heterocycles. The molecule has 2 rings (SSSR count). The summed E-state index contributed by atoms with van der Waals surface area (Å²) in [5, 5.41) is 11.7. The van der Waals surface area contributed by atoms with Gasteiger partial charge in [-0.25, -0.2) is 4.79 Å². The number of likely N-dealkylation sites (tertiary alicyclic amines) is 1. The first-order chi connectivity index (χ1) is 8.86. The van der Waals surface area contributed by atoms with Gasteiger partial charge >= 0.3 is 12.2 Å². The van der Waals surface area contributed by atoms with Crippen LogP contribution in [-0.4, -0.2) is 35.2 Å². The predicted molar refractivity (Wildman–Crippen MR) is 62.7 cm³/mol. The molecule has 1 saturated heterocycles. The standard InChI is InChI=1S/C12H13F3N2O2/c13-12(14,15)8-2-1-3-9(6-8)16-11(19)17-5-4-10(18)7-17/h1-3,6,10,18H,4-5,7H2,(H,16,19). The maximum absolute atomic E-state index is 12.5. The number of alkyl halides is 3. The van der Waals surface area contributed by atoms with E-state index in [4.69, 9.17) is 0 Å². The third kappa shape index (κ3) is 3.37. The fraction of sp³-hybridized carbons (Fsp3) is 0.417. The number of benzene rings is 1. The molecule has 0 spiro atoms. The molecular formula is C12H13F3N2O2. The number of carbonyl (C=O) groups is 1. The molecule has 1 unspecified atom stereocenters. The Labute approximate surface area is 107 Å². The number of hydrogen-bond acceptors (Lipinski definition) is 2. The molecular weight excluding hydrogens is 261 g/mol. The van der Waals surface area contributed by atoms with E-state index in [1.54, 1.807) is 0 Å². The summed E-state index contributed by atoms with van der Waals surface area (Å²) in [6.07, 6.45) is -4.52. The number of nitrogens with zero attached hydrogens (tertiary/aromatic N) is 1. The quantitative estimate of drug-likeness (QED) is 0.825. The normalized spacial score (nSPS) is 19.6. The molecule has 1 aliphatic heterocycles. The molecule has 1 aliphatic rings. The van der Waals surface area contributed by atoms with Gasteiger partial charge in [-0.15, -0.1) is 0 Å². The second-order valence-corrected chi connectivity index (χ2v) is 4.40. The molecule has 0 aliphatic carbocycles. The van der Waals surface area contributed by atoms with Crippen molar-refractivity contribution < 1.29 is 23.1 Å². The molecule has 0 saturated carbocycles. The van der Waals surface area contributed by atoms with Crippen molar-refractivity contribution in [2.24, 2.45) is 0 Å². The van der Waals surface area contributed by atoms with E-state index in [1.807, 2.05) is 0 Å². The first-order valence-electron chi connectivity index (χ1n) is 5.77. The average molecular weight is 274 g/mol. The number of nitrogens with one attached hydrogen (secondary N) is 1. The number of aliphatic hydroxyl groups is 1. The summed E-state index contributed by atoms with van der Waals surface area (Å²) in [5.74, 6) is 0. The van der Waals surface area contributed by atoms with Crippen molar-refractivity contribution in [1.82, 2.24) is 4.90 Å². The Morgan fingerprint density at radius 2 is 2.16 bits per heavy atom. The Kier molecular flexibility index (Phi) is 3.66. The zero-order chi connectivity index (χ0) is 14.0. The summed E-state index contributed by atoms with van der Waals surface area (Å²) < 4.78 is 37.5. The minimum Gasteiger partial charge on any atom is -0.391 e. The number of carbonyl (C=O) groups excluding carboxylic acids is 1. The van der Waals surface area contributed by atoms with Crippen LogP contribution in [0, 0.1) is 0 Å². The highest BCUT2D eigenvalue weighted by molar-refractivity contribution is 5.89. The number of amides is 2. The molecule has 0 radical (unpaired) electrons. The van der Waals surface area contributed by atoms with E-state index >= 15 is 0 Å². The minimum atomic E-state index is -4.44. The second-order valence-electron chi connectivity index (χ2n) is 4.40. The van der Waals surface area contributed by atoms with Gasteiger partial charge in [-0.1, -0.05) is 6.07 Å². The molecule has 2 N–H and O–H groups in total. The largest absolute Gasteiger partial charge is 0.416 e. The number of rotatable bonds is 1. The predicted octanol–water partition coefficient (Wildman–Crippen LogP) is 2.30. The Morgan fingerprint density at radius 1 is 1.42 bits per heavy atom. The van der Waals surface area contributed by atoms with Gasteiger partial charge in [0.05, 0.1) is 11.7 Å². The molecule has 2 amide bonds. The topological polar surface area (TPSA) is 52.6 Å². The van der Waals surface area contributed by atoms with E-state index in [0.29, 0.717) is 13.0 Å². The SMILES string of the molecule is O=C(Nc1cccc(C(F)(F)F)c1)N1CCC(O)C1. The van der Waals surface area contributed by atoms with Crippen molar-refractivity contribution in [1.29, 1.82) is 0 Å². The number of hydrogen-bond donors (Lipinski definition) is 2. The zero-order valence-electron chi connectivity index (χ0n) is 9.94. The number of halogens is 3. The highest BCUT2D eigenvalue weighted by Crippen LogP contribution is 2.30. The summed E-state index contributed by atoms with van der Waals surface area (Å²) in [6, 6.07) is 3.94. The fourth-order valence-electron chi connectivity index (χ4n) is 1.90. The van der Waals surface area contributed by atoms with E-state index in [2.05, 4.69) is 5.32 Å². The average Bonchev–Trinajstić information content (AvgIpc) is 2.75. The van der Waals surface area contributed by atoms with E-state index in [-0.39, 0.29) is 12.2 Å². The maximum Gasteiger partial charge on any atom is 0.416 e. The van der Waals surface area contributed by atoms with Gasteiger partial charge in [-0.2, -0.15) is 13.2 Å². The molecule has 0 bridgehead atoms. The van der Waals surface area contributed by atoms with Gasteiger partial charge in [0.25, 0.3) is 0 Å². The van der Waals surface area contributed by atoms with Crippen molar-refractivity contribution in [3.8, 4) is 0 Å². The molecule has 104 valence electrons. The van der Waals surface area contributed by atoms with Crippen LogP contribution in [0.1, 0.15) is 12.0 Å². The van der Waals surface area contributed by atoms with Gasteiger partial charge in [0.2, 0.25) is 0 Å². The number of anilines is 1. The summed E-state index contributed by atoms with van der Waals surface area (Å²) in [7, 11) is 0. The van der Waals surface area contributed by atoms with E-state index < -0.39 is 23.9 Å². The van der Waals surface area contributed by atoms with Crippen LogP contribution in [0.4, 0.5) is 23.7 Å². The lowest BCUT2D eigenvalue weighted by Gasteiger charge is -2.17. The van der Waals surface area contributed by atoms with Crippen LogP contribution in [0.3, 0.4) is 0 Å². The highest BCUT2D eigenvalue weighted by Gasteiger charge is 2.31. The van der Waals surface area contributed by atoms with Crippen LogP contribution in [0.2, 0.25) is 0 Å². The molecule has 19 heavy (non-hydrogen) atoms. The maximum atomic E-state index is 12.5. The number of β-amino-alcohol motifs (C(OH)–C–C–N with tert-alkyl or cyclic N) is 1. The Bertz CT molecular complexity index is 476. The van der Waals surface area contributed by atoms with Crippen LogP contribution in [0.15, 0.2) is 24.3 Å². The van der Waals surface area contributed by atoms with Gasteiger partial charge in [0, 0.05) is 18.8 Å². The van der Waals surface area contributed by atoms with Gasteiger partial charge in [0.1, 0.15) is 0 Å². The van der Waals surface area contributed by atoms with Gasteiger partial charge in [-0.05, 0) is 24.6 Å². The molecule has 1 aromatic carbocycles. The Hall–Kier alpha value is -1.76. The van der Waals surface area contributed by atoms with Crippen molar-refractivity contribution in [3.05, 3.63) is 29.8 Å². The van der Waals surface area contributed by atoms with Crippen LogP contribution in [0.5, 0.6) is 0 Å². The molecule has 1 aromatic rings. The van der Waals surface area contributed by atoms with Crippen molar-refractivity contribution in [2.75, 3.05) is 18.4 Å². The second kappa shape index (κ2) is 5.08. The van der Waals surface area contributed by atoms with Crippen molar-refractivity contribution in [3.63, 3.8) is 0 Å². The van der Waals surface area contributed by atoms with Crippen LogP contribution >= 0.6 is 0 Å². The summed E-state index contributed by atoms with van der Waals surface area (Å²) in [4.78, 5) is 13.1. The zero-order valence-corrected chi connectivity index (χ0v) is 9.94. The molecule has 1 atom stereocenters. The molecule has 0 aromatic heterocycles. The minimum absolute atomic E-state index is 0.0845. The van der Waals surface area contributed by atoms with E-state index in [9.17, 15) is 23.1 Å². The van der Waals surface area contributed by atoms with Gasteiger partial charge in [-0.3, -0.25) is 0 Å².